The topological polar surface area (TPSA) is 116 Å². The van der Waals surface area contributed by atoms with Gasteiger partial charge in [-0.3, -0.25) is 30.3 Å². The highest BCUT2D eigenvalue weighted by Gasteiger charge is 2.27. The number of hydrogen-bond donors (Lipinski definition) is 4. The highest BCUT2D eigenvalue weighted by molar-refractivity contribution is 6.33. The summed E-state index contributed by atoms with van der Waals surface area (Å²) in [7, 11) is 0. The maximum atomic E-state index is 12.6. The average molecular weight is 418 g/mol. The molecule has 1 aliphatic carbocycles. The number of fused-ring (bicyclic) bond motifs is 1. The number of aryl methyl sites for hydroxylation is 1. The highest BCUT2D eigenvalue weighted by atomic mass is 35.5. The Morgan fingerprint density at radius 1 is 1.07 bits per heavy atom. The predicted octanol–water partition coefficient (Wildman–Crippen LogP) is 2.16. The summed E-state index contributed by atoms with van der Waals surface area (Å²) < 4.78 is 0. The first kappa shape index (κ1) is 20.9. The van der Waals surface area contributed by atoms with Crippen LogP contribution in [0.25, 0.3) is 0 Å². The molecule has 1 atom stereocenters. The van der Waals surface area contributed by atoms with Crippen LogP contribution in [0.2, 0.25) is 5.02 Å². The Hall–Kier alpha value is -2.87. The van der Waals surface area contributed by atoms with E-state index in [1.54, 1.807) is 38.1 Å². The van der Waals surface area contributed by atoms with Crippen LogP contribution in [0.4, 0.5) is 0 Å². The van der Waals surface area contributed by atoms with Crippen molar-refractivity contribution in [1.82, 2.24) is 26.4 Å². The van der Waals surface area contributed by atoms with E-state index in [1.807, 2.05) is 0 Å². The van der Waals surface area contributed by atoms with Crippen molar-refractivity contribution >= 4 is 29.3 Å². The van der Waals surface area contributed by atoms with E-state index < -0.39 is 23.8 Å². The number of carbonyl (C=O) groups is 3. The summed E-state index contributed by atoms with van der Waals surface area (Å²) in [5.41, 5.74) is 7.23. The molecule has 4 N–H and O–H groups in total. The zero-order chi connectivity index (χ0) is 21.0. The molecule has 2 aromatic rings. The van der Waals surface area contributed by atoms with E-state index in [0.717, 1.165) is 36.9 Å². The molecular formula is C20H24ClN5O3. The molecule has 154 valence electrons. The number of carbonyl (C=O) groups excluding carboxylic acids is 3. The lowest BCUT2D eigenvalue weighted by molar-refractivity contribution is -0.124. The van der Waals surface area contributed by atoms with Crippen molar-refractivity contribution in [3.63, 3.8) is 0 Å². The van der Waals surface area contributed by atoms with Crippen LogP contribution in [-0.2, 0) is 17.6 Å². The van der Waals surface area contributed by atoms with Gasteiger partial charge in [-0.25, -0.2) is 0 Å². The molecular weight excluding hydrogens is 394 g/mol. The van der Waals surface area contributed by atoms with Crippen molar-refractivity contribution < 1.29 is 14.4 Å². The fraction of sp³-hybridized carbons (Fsp3) is 0.400. The summed E-state index contributed by atoms with van der Waals surface area (Å²) in [4.78, 5) is 37.5. The minimum absolute atomic E-state index is 0.212. The molecule has 0 unspecified atom stereocenters. The van der Waals surface area contributed by atoms with Crippen molar-refractivity contribution in [2.45, 2.75) is 45.6 Å². The quantitative estimate of drug-likeness (QED) is 0.558. The lowest BCUT2D eigenvalue weighted by Crippen LogP contribution is -2.54. The first-order chi connectivity index (χ1) is 13.9. The highest BCUT2D eigenvalue weighted by Crippen LogP contribution is 2.22. The maximum absolute atomic E-state index is 12.6. The van der Waals surface area contributed by atoms with Crippen LogP contribution in [0.1, 0.15) is 58.8 Å². The summed E-state index contributed by atoms with van der Waals surface area (Å²) in [5.74, 6) is -1.69. The third kappa shape index (κ3) is 4.76. The number of nitrogens with one attached hydrogen (secondary N) is 4. The van der Waals surface area contributed by atoms with Crippen LogP contribution in [0.15, 0.2) is 24.3 Å². The van der Waals surface area contributed by atoms with Crippen molar-refractivity contribution in [3.8, 4) is 0 Å². The predicted molar refractivity (Wildman–Crippen MR) is 108 cm³/mol. The molecule has 1 aromatic carbocycles. The van der Waals surface area contributed by atoms with Crippen LogP contribution < -0.4 is 16.2 Å². The number of halogens is 1. The van der Waals surface area contributed by atoms with Gasteiger partial charge in [0.05, 0.1) is 10.6 Å². The second-order valence-electron chi connectivity index (χ2n) is 7.35. The standard InChI is InChI=1S/C20H24ClN5O3/c1-11(2)16(22-18(27)12-7-3-5-9-14(12)21)19(28)25-26-20(29)17-13-8-4-6-10-15(13)23-24-17/h3,5,7,9,11,16H,4,6,8,10H2,1-2H3,(H,22,27)(H,23,24)(H,25,28)(H,26,29)/t16-/m1/s1. The van der Waals surface area contributed by atoms with Gasteiger partial charge in [-0.2, -0.15) is 5.10 Å². The van der Waals surface area contributed by atoms with E-state index in [0.29, 0.717) is 10.7 Å². The first-order valence-electron chi connectivity index (χ1n) is 9.60. The number of aromatic nitrogens is 2. The number of hydrogen-bond acceptors (Lipinski definition) is 4. The number of rotatable bonds is 5. The van der Waals surface area contributed by atoms with Crippen molar-refractivity contribution in [3.05, 3.63) is 51.8 Å². The third-order valence-corrected chi connectivity index (χ3v) is 5.25. The second kappa shape index (κ2) is 9.09. The van der Waals surface area contributed by atoms with Crippen molar-refractivity contribution in [2.75, 3.05) is 0 Å². The molecule has 29 heavy (non-hydrogen) atoms. The van der Waals surface area contributed by atoms with Gasteiger partial charge in [-0.05, 0) is 43.7 Å². The minimum atomic E-state index is -0.854. The first-order valence-corrected chi connectivity index (χ1v) is 9.98. The molecule has 0 bridgehead atoms. The molecule has 8 nitrogen and oxygen atoms in total. The van der Waals surface area contributed by atoms with Crippen molar-refractivity contribution in [2.24, 2.45) is 5.92 Å². The third-order valence-electron chi connectivity index (χ3n) is 4.92. The van der Waals surface area contributed by atoms with Gasteiger partial charge in [0.25, 0.3) is 17.7 Å². The number of nitrogens with zero attached hydrogens (tertiary/aromatic N) is 1. The Morgan fingerprint density at radius 2 is 1.79 bits per heavy atom. The summed E-state index contributed by atoms with van der Waals surface area (Å²) in [6.07, 6.45) is 3.72. The smallest absolute Gasteiger partial charge is 0.290 e. The van der Waals surface area contributed by atoms with Gasteiger partial charge in [0.1, 0.15) is 6.04 Å². The number of aromatic amines is 1. The molecule has 1 aliphatic rings. The Morgan fingerprint density at radius 3 is 2.52 bits per heavy atom. The van der Waals surface area contributed by atoms with E-state index in [4.69, 9.17) is 11.6 Å². The molecule has 0 spiro atoms. The van der Waals surface area contributed by atoms with Crippen LogP contribution >= 0.6 is 11.6 Å². The SMILES string of the molecule is CC(C)[C@@H](NC(=O)c1ccccc1Cl)C(=O)NNC(=O)c1n[nH]c2c1CCCC2. The molecule has 9 heteroatoms. The van der Waals surface area contributed by atoms with Gasteiger partial charge in [0, 0.05) is 11.3 Å². The molecule has 0 saturated carbocycles. The Kier molecular flexibility index (Phi) is 6.53. The summed E-state index contributed by atoms with van der Waals surface area (Å²) in [5, 5.41) is 9.94. The van der Waals surface area contributed by atoms with Gasteiger partial charge in [0.2, 0.25) is 0 Å². The number of H-pyrrole nitrogens is 1. The largest absolute Gasteiger partial charge is 0.340 e. The molecule has 0 radical (unpaired) electrons. The Bertz CT molecular complexity index is 925. The molecule has 0 aliphatic heterocycles. The van der Waals surface area contributed by atoms with Gasteiger partial charge < -0.3 is 5.32 Å². The summed E-state index contributed by atoms with van der Waals surface area (Å²) >= 11 is 6.05. The van der Waals surface area contributed by atoms with Crippen LogP contribution in [-0.4, -0.2) is 34.0 Å². The van der Waals surface area contributed by atoms with Gasteiger partial charge in [0.15, 0.2) is 5.69 Å². The molecule has 3 rings (SSSR count). The van der Waals surface area contributed by atoms with E-state index in [-0.39, 0.29) is 11.5 Å². The maximum Gasteiger partial charge on any atom is 0.290 e. The van der Waals surface area contributed by atoms with Gasteiger partial charge in [-0.15, -0.1) is 0 Å². The van der Waals surface area contributed by atoms with E-state index >= 15 is 0 Å². The zero-order valence-electron chi connectivity index (χ0n) is 16.3. The van der Waals surface area contributed by atoms with Gasteiger partial charge >= 0.3 is 0 Å². The summed E-state index contributed by atoms with van der Waals surface area (Å²) in [6.45, 7) is 3.59. The Labute approximate surface area is 173 Å². The minimum Gasteiger partial charge on any atom is -0.340 e. The van der Waals surface area contributed by atoms with E-state index in [9.17, 15) is 14.4 Å². The molecule has 1 aromatic heterocycles. The normalized spacial score (nSPS) is 14.1. The second-order valence-corrected chi connectivity index (χ2v) is 7.76. The van der Waals surface area contributed by atoms with Crippen LogP contribution in [0, 0.1) is 5.92 Å². The summed E-state index contributed by atoms with van der Waals surface area (Å²) in [6, 6.07) is 5.74. The molecule has 0 saturated heterocycles. The van der Waals surface area contributed by atoms with Crippen LogP contribution in [0.5, 0.6) is 0 Å². The van der Waals surface area contributed by atoms with Gasteiger partial charge in [-0.1, -0.05) is 37.6 Å². The van der Waals surface area contributed by atoms with Crippen molar-refractivity contribution in [1.29, 1.82) is 0 Å². The van der Waals surface area contributed by atoms with Crippen LogP contribution in [0.3, 0.4) is 0 Å². The van der Waals surface area contributed by atoms with E-state index in [2.05, 4.69) is 26.4 Å². The van der Waals surface area contributed by atoms with E-state index in [1.165, 1.54) is 0 Å². The monoisotopic (exact) mass is 417 g/mol. The fourth-order valence-corrected chi connectivity index (χ4v) is 3.54. The number of hydrazine groups is 1. The average Bonchev–Trinajstić information content (AvgIpc) is 3.14. The molecule has 1 heterocycles. The zero-order valence-corrected chi connectivity index (χ0v) is 17.1. The lowest BCUT2D eigenvalue weighted by Gasteiger charge is -2.22. The molecule has 0 fully saturated rings. The molecule has 3 amide bonds. The number of benzene rings is 1. The number of amides is 3. The lowest BCUT2D eigenvalue weighted by atomic mass is 9.96. The Balaban J connectivity index is 1.62. The fourth-order valence-electron chi connectivity index (χ4n) is 3.32.